The second-order valence-electron chi connectivity index (χ2n) is 5.11. The predicted molar refractivity (Wildman–Crippen MR) is 77.3 cm³/mol. The van der Waals surface area contributed by atoms with Crippen LogP contribution >= 0.6 is 11.6 Å². The van der Waals surface area contributed by atoms with Crippen LogP contribution in [0.1, 0.15) is 26.5 Å². The minimum atomic E-state index is -0.233. The zero-order chi connectivity index (χ0) is 13.3. The van der Waals surface area contributed by atoms with Gasteiger partial charge >= 0.3 is 0 Å². The molecule has 96 valence electrons. The normalized spacial score (nSPS) is 13.6. The number of aromatic nitrogens is 2. The second kappa shape index (κ2) is 4.73. The van der Waals surface area contributed by atoms with Gasteiger partial charge in [-0.2, -0.15) is 0 Å². The molecule has 1 atom stereocenters. The van der Waals surface area contributed by atoms with E-state index in [1.807, 2.05) is 38.1 Å². The summed E-state index contributed by atoms with van der Waals surface area (Å²) in [5.41, 5.74) is 2.46. The van der Waals surface area contributed by atoms with Crippen LogP contribution in [0.2, 0.25) is 0 Å². The van der Waals surface area contributed by atoms with E-state index in [9.17, 15) is 0 Å². The molecule has 0 radical (unpaired) electrons. The van der Waals surface area contributed by atoms with Crippen LogP contribution in [0.4, 0.5) is 5.82 Å². The summed E-state index contributed by atoms with van der Waals surface area (Å²) in [6, 6.07) is 7.86. The van der Waals surface area contributed by atoms with E-state index in [4.69, 9.17) is 11.6 Å². The van der Waals surface area contributed by atoms with Gasteiger partial charge in [0, 0.05) is 5.54 Å². The minimum Gasteiger partial charge on any atom is -0.362 e. The van der Waals surface area contributed by atoms with Gasteiger partial charge in [0.05, 0.1) is 22.1 Å². The van der Waals surface area contributed by atoms with Crippen LogP contribution in [0.25, 0.3) is 11.0 Å². The zero-order valence-electron chi connectivity index (χ0n) is 11.2. The molecule has 0 fully saturated rings. The van der Waals surface area contributed by atoms with Crippen molar-refractivity contribution in [2.75, 3.05) is 5.32 Å². The lowest BCUT2D eigenvalue weighted by molar-refractivity contribution is 0.552. The summed E-state index contributed by atoms with van der Waals surface area (Å²) in [5.74, 6) is 0.797. The Balaban J connectivity index is 2.42. The number of rotatable bonds is 3. The summed E-state index contributed by atoms with van der Waals surface area (Å²) in [6.45, 7) is 8.04. The highest BCUT2D eigenvalue weighted by molar-refractivity contribution is 6.21. The van der Waals surface area contributed by atoms with Gasteiger partial charge in [0.2, 0.25) is 0 Å². The van der Waals surface area contributed by atoms with E-state index in [0.29, 0.717) is 0 Å². The molecular weight excluding hydrogens is 246 g/mol. The number of anilines is 1. The summed E-state index contributed by atoms with van der Waals surface area (Å²) in [4.78, 5) is 9.16. The van der Waals surface area contributed by atoms with E-state index in [1.54, 1.807) is 0 Å². The number of alkyl halides is 1. The van der Waals surface area contributed by atoms with Crippen molar-refractivity contribution in [1.29, 1.82) is 0 Å². The van der Waals surface area contributed by atoms with Gasteiger partial charge in [-0.15, -0.1) is 11.6 Å². The summed E-state index contributed by atoms with van der Waals surface area (Å²) < 4.78 is 0. The van der Waals surface area contributed by atoms with Crippen LogP contribution < -0.4 is 5.32 Å². The van der Waals surface area contributed by atoms with Crippen molar-refractivity contribution in [2.45, 2.75) is 38.6 Å². The molecule has 0 amide bonds. The first-order valence-electron chi connectivity index (χ1n) is 6.06. The van der Waals surface area contributed by atoms with Crippen LogP contribution in [0.15, 0.2) is 24.3 Å². The van der Waals surface area contributed by atoms with Gasteiger partial charge in [0.1, 0.15) is 5.82 Å². The number of fused-ring (bicyclic) bond motifs is 1. The summed E-state index contributed by atoms with van der Waals surface area (Å²) in [6.07, 6.45) is 0. The molecule has 1 aromatic carbocycles. The van der Waals surface area contributed by atoms with Gasteiger partial charge in [-0.05, 0) is 39.8 Å². The highest BCUT2D eigenvalue weighted by Crippen LogP contribution is 2.23. The van der Waals surface area contributed by atoms with Gasteiger partial charge in [-0.1, -0.05) is 12.1 Å². The molecule has 2 rings (SSSR count). The lowest BCUT2D eigenvalue weighted by Gasteiger charge is -2.30. The Kier molecular flexibility index (Phi) is 3.44. The Morgan fingerprint density at radius 2 is 1.72 bits per heavy atom. The van der Waals surface area contributed by atoms with Crippen molar-refractivity contribution in [1.82, 2.24) is 9.97 Å². The molecule has 1 heterocycles. The molecule has 3 nitrogen and oxygen atoms in total. The van der Waals surface area contributed by atoms with E-state index in [1.165, 1.54) is 0 Å². The molecule has 1 aromatic heterocycles. The number of halogens is 1. The largest absolute Gasteiger partial charge is 0.362 e. The van der Waals surface area contributed by atoms with Crippen molar-refractivity contribution in [3.05, 3.63) is 30.0 Å². The molecule has 0 aliphatic rings. The summed E-state index contributed by atoms with van der Waals surface area (Å²) >= 11 is 6.18. The standard InChI is InChI=1S/C14H18ClN3/c1-9-13(18-14(3,4)10(2)15)17-12-8-6-5-7-11(12)16-9/h5-8,10H,1-4H3,(H,17,18). The van der Waals surface area contributed by atoms with E-state index < -0.39 is 0 Å². The van der Waals surface area contributed by atoms with E-state index >= 15 is 0 Å². The number of hydrogen-bond acceptors (Lipinski definition) is 3. The van der Waals surface area contributed by atoms with E-state index in [0.717, 1.165) is 22.5 Å². The third-order valence-corrected chi connectivity index (χ3v) is 3.73. The molecule has 18 heavy (non-hydrogen) atoms. The van der Waals surface area contributed by atoms with Crippen molar-refractivity contribution in [2.24, 2.45) is 0 Å². The first-order chi connectivity index (χ1) is 8.40. The van der Waals surface area contributed by atoms with Gasteiger partial charge in [0.25, 0.3) is 0 Å². The summed E-state index contributed by atoms with van der Waals surface area (Å²) in [7, 11) is 0. The van der Waals surface area contributed by atoms with Crippen molar-refractivity contribution >= 4 is 28.5 Å². The maximum Gasteiger partial charge on any atom is 0.148 e. The topological polar surface area (TPSA) is 37.8 Å². The molecule has 0 bridgehead atoms. The van der Waals surface area contributed by atoms with Crippen LogP contribution in [0.5, 0.6) is 0 Å². The van der Waals surface area contributed by atoms with Gasteiger partial charge in [-0.25, -0.2) is 9.97 Å². The van der Waals surface area contributed by atoms with Crippen LogP contribution in [-0.2, 0) is 0 Å². The Labute approximate surface area is 113 Å². The summed E-state index contributed by atoms with van der Waals surface area (Å²) in [5, 5.41) is 3.36. The van der Waals surface area contributed by atoms with Crippen LogP contribution in [0.3, 0.4) is 0 Å². The number of benzene rings is 1. The van der Waals surface area contributed by atoms with Crippen molar-refractivity contribution < 1.29 is 0 Å². The van der Waals surface area contributed by atoms with Crippen LogP contribution in [-0.4, -0.2) is 20.9 Å². The average molecular weight is 264 g/mol. The zero-order valence-corrected chi connectivity index (χ0v) is 11.9. The monoisotopic (exact) mass is 263 g/mol. The SMILES string of the molecule is Cc1nc2ccccc2nc1NC(C)(C)C(C)Cl. The molecule has 0 saturated carbocycles. The maximum atomic E-state index is 6.18. The van der Waals surface area contributed by atoms with Gasteiger partial charge in [-0.3, -0.25) is 0 Å². The molecule has 0 spiro atoms. The molecule has 0 aliphatic carbocycles. The smallest absolute Gasteiger partial charge is 0.148 e. The molecule has 4 heteroatoms. The van der Waals surface area contributed by atoms with Gasteiger partial charge < -0.3 is 5.32 Å². The van der Waals surface area contributed by atoms with Crippen molar-refractivity contribution in [3.63, 3.8) is 0 Å². The minimum absolute atomic E-state index is 0.00910. The Morgan fingerprint density at radius 3 is 2.28 bits per heavy atom. The molecule has 2 aromatic rings. The average Bonchev–Trinajstić information content (AvgIpc) is 2.29. The van der Waals surface area contributed by atoms with Gasteiger partial charge in [0.15, 0.2) is 0 Å². The molecule has 1 N–H and O–H groups in total. The molecule has 1 unspecified atom stereocenters. The fraction of sp³-hybridized carbons (Fsp3) is 0.429. The first kappa shape index (κ1) is 13.1. The molecule has 0 saturated heterocycles. The Morgan fingerprint density at radius 1 is 1.17 bits per heavy atom. The second-order valence-corrected chi connectivity index (χ2v) is 5.76. The fourth-order valence-corrected chi connectivity index (χ4v) is 1.67. The predicted octanol–water partition coefficient (Wildman–Crippen LogP) is 3.76. The van der Waals surface area contributed by atoms with Crippen molar-refractivity contribution in [3.8, 4) is 0 Å². The lowest BCUT2D eigenvalue weighted by Crippen LogP contribution is -2.39. The number of nitrogens with zero attached hydrogens (tertiary/aromatic N) is 2. The third kappa shape index (κ3) is 2.56. The first-order valence-corrected chi connectivity index (χ1v) is 6.49. The number of nitrogens with one attached hydrogen (secondary N) is 1. The highest BCUT2D eigenvalue weighted by atomic mass is 35.5. The third-order valence-electron chi connectivity index (χ3n) is 3.18. The fourth-order valence-electron chi connectivity index (χ4n) is 1.61. The highest BCUT2D eigenvalue weighted by Gasteiger charge is 2.25. The van der Waals surface area contributed by atoms with E-state index in [2.05, 4.69) is 29.1 Å². The van der Waals surface area contributed by atoms with Crippen LogP contribution in [0, 0.1) is 6.92 Å². The maximum absolute atomic E-state index is 6.18. The quantitative estimate of drug-likeness (QED) is 0.857. The number of hydrogen-bond donors (Lipinski definition) is 1. The molecule has 0 aliphatic heterocycles. The number of para-hydroxylation sites is 2. The molecular formula is C14H18ClN3. The Hall–Kier alpha value is -1.35. The van der Waals surface area contributed by atoms with E-state index in [-0.39, 0.29) is 10.9 Å². The number of aryl methyl sites for hydroxylation is 1. The Bertz CT molecular complexity index is 564. The lowest BCUT2D eigenvalue weighted by atomic mass is 10.0.